The van der Waals surface area contributed by atoms with Crippen LogP contribution in [0.25, 0.3) is 11.0 Å². The van der Waals surface area contributed by atoms with Gasteiger partial charge in [-0.3, -0.25) is 9.59 Å². The van der Waals surface area contributed by atoms with E-state index in [9.17, 15) is 18.8 Å². The molecule has 0 radical (unpaired) electrons. The predicted octanol–water partition coefficient (Wildman–Crippen LogP) is 5.48. The number of hydrogen-bond acceptors (Lipinski definition) is 8. The Hall–Kier alpha value is -3.02. The van der Waals surface area contributed by atoms with Crippen molar-refractivity contribution < 1.29 is 37.4 Å². The molecule has 1 saturated heterocycles. The summed E-state index contributed by atoms with van der Waals surface area (Å²) in [5, 5.41) is 3.74. The fourth-order valence-electron chi connectivity index (χ4n) is 7.69. The van der Waals surface area contributed by atoms with E-state index in [1.54, 1.807) is 31.4 Å². The molecule has 1 unspecified atom stereocenters. The molecule has 10 nitrogen and oxygen atoms in total. The number of halogens is 1. The number of esters is 1. The van der Waals surface area contributed by atoms with Gasteiger partial charge in [0.2, 0.25) is 17.6 Å². The monoisotopic (exact) mass is 643 g/mol. The third-order valence-corrected chi connectivity index (χ3v) is 10.3. The number of rotatable bonds is 13. The van der Waals surface area contributed by atoms with Crippen LogP contribution in [-0.4, -0.2) is 81.0 Å². The normalized spacial score (nSPS) is 25.3. The van der Waals surface area contributed by atoms with Gasteiger partial charge in [0.15, 0.2) is 0 Å². The molecule has 1 aliphatic heterocycles. The first-order chi connectivity index (χ1) is 22.3. The summed E-state index contributed by atoms with van der Waals surface area (Å²) in [5.74, 6) is -0.208. The Bertz CT molecular complexity index is 1320. The number of amides is 2. The van der Waals surface area contributed by atoms with E-state index in [0.717, 1.165) is 44.9 Å². The van der Waals surface area contributed by atoms with E-state index in [0.29, 0.717) is 55.2 Å². The van der Waals surface area contributed by atoms with Crippen molar-refractivity contribution in [2.75, 3.05) is 45.5 Å². The van der Waals surface area contributed by atoms with Crippen molar-refractivity contribution in [3.05, 3.63) is 30.0 Å². The van der Waals surface area contributed by atoms with E-state index in [2.05, 4.69) is 5.32 Å². The second-order valence-electron chi connectivity index (χ2n) is 13.4. The van der Waals surface area contributed by atoms with E-state index in [-0.39, 0.29) is 48.0 Å². The zero-order chi connectivity index (χ0) is 32.6. The van der Waals surface area contributed by atoms with Gasteiger partial charge in [0.25, 0.3) is 0 Å². The second kappa shape index (κ2) is 16.2. The number of nitrogens with zero attached hydrogens (tertiary/aromatic N) is 1. The van der Waals surface area contributed by atoms with Crippen molar-refractivity contribution in [1.29, 1.82) is 0 Å². The van der Waals surface area contributed by atoms with E-state index >= 15 is 0 Å². The Kier molecular flexibility index (Phi) is 12.1. The lowest BCUT2D eigenvalue weighted by Gasteiger charge is -2.36. The van der Waals surface area contributed by atoms with Gasteiger partial charge in [0.05, 0.1) is 19.3 Å². The van der Waals surface area contributed by atoms with Crippen LogP contribution in [0, 0.1) is 23.7 Å². The molecule has 254 valence electrons. The van der Waals surface area contributed by atoms with E-state index in [1.807, 2.05) is 11.8 Å². The third-order valence-electron chi connectivity index (χ3n) is 10.3. The number of likely N-dealkylation sites (tertiary alicyclic amines) is 1. The van der Waals surface area contributed by atoms with Gasteiger partial charge in [0.1, 0.15) is 24.9 Å². The lowest BCUT2D eigenvalue weighted by molar-refractivity contribution is -0.142. The highest BCUT2D eigenvalue weighted by atomic mass is 19.1. The lowest BCUT2D eigenvalue weighted by atomic mass is 9.76. The van der Waals surface area contributed by atoms with Crippen molar-refractivity contribution in [2.45, 2.75) is 89.3 Å². The van der Waals surface area contributed by atoms with Crippen molar-refractivity contribution >= 4 is 34.4 Å². The number of furan rings is 1. The van der Waals surface area contributed by atoms with Crippen LogP contribution in [0.3, 0.4) is 0 Å². The number of nitrogens with two attached hydrogens (primary N) is 1. The number of carbonyl (C=O) groups is 3. The minimum atomic E-state index is -0.597. The van der Waals surface area contributed by atoms with Crippen LogP contribution in [-0.2, 0) is 23.8 Å². The molecule has 4 atom stereocenters. The molecule has 3 N–H and O–H groups in total. The van der Waals surface area contributed by atoms with Crippen molar-refractivity contribution in [3.63, 3.8) is 0 Å². The minimum Gasteiger partial charge on any atom is -0.457 e. The van der Waals surface area contributed by atoms with Gasteiger partial charge in [0, 0.05) is 36.7 Å². The number of alkyl halides is 1. The van der Waals surface area contributed by atoms with E-state index in [4.69, 9.17) is 24.4 Å². The summed E-state index contributed by atoms with van der Waals surface area (Å²) in [6.07, 6.45) is 9.05. The number of anilines is 1. The molecule has 5 rings (SSSR count). The Balaban J connectivity index is 1.26. The predicted molar refractivity (Wildman–Crippen MR) is 172 cm³/mol. The maximum absolute atomic E-state index is 14.1. The molecular weight excluding hydrogens is 593 g/mol. The molecule has 0 spiro atoms. The molecule has 2 saturated carbocycles. The Morgan fingerprint density at radius 1 is 1.04 bits per heavy atom. The average molecular weight is 644 g/mol. The Labute approximate surface area is 270 Å². The van der Waals surface area contributed by atoms with E-state index in [1.165, 1.54) is 6.42 Å². The molecular formula is C35H50FN3O7. The molecule has 2 aromatic rings. The van der Waals surface area contributed by atoms with Gasteiger partial charge >= 0.3 is 5.97 Å². The number of hydrogen-bond donors (Lipinski definition) is 2. The molecule has 3 aliphatic rings. The van der Waals surface area contributed by atoms with Crippen molar-refractivity contribution in [3.8, 4) is 0 Å². The highest BCUT2D eigenvalue weighted by molar-refractivity contribution is 6.00. The third kappa shape index (κ3) is 8.27. The first-order valence-corrected chi connectivity index (χ1v) is 17.0. The van der Waals surface area contributed by atoms with Gasteiger partial charge in [-0.15, -0.1) is 0 Å². The first kappa shape index (κ1) is 34.3. The smallest absolute Gasteiger partial charge is 0.374 e. The maximum Gasteiger partial charge on any atom is 0.374 e. The molecule has 2 aliphatic carbocycles. The average Bonchev–Trinajstić information content (AvgIpc) is 3.72. The maximum atomic E-state index is 14.1. The summed E-state index contributed by atoms with van der Waals surface area (Å²) >= 11 is 0. The van der Waals surface area contributed by atoms with Gasteiger partial charge in [-0.1, -0.05) is 32.1 Å². The van der Waals surface area contributed by atoms with Gasteiger partial charge in [-0.2, -0.15) is 0 Å². The van der Waals surface area contributed by atoms with Crippen LogP contribution in [0.5, 0.6) is 0 Å². The summed E-state index contributed by atoms with van der Waals surface area (Å²) in [6.45, 7) is 2.78. The summed E-state index contributed by atoms with van der Waals surface area (Å²) in [5.41, 5.74) is 7.03. The highest BCUT2D eigenvalue weighted by Crippen LogP contribution is 2.41. The minimum absolute atomic E-state index is 0.0394. The topological polar surface area (TPSA) is 133 Å². The zero-order valence-corrected chi connectivity index (χ0v) is 27.2. The molecule has 1 aromatic carbocycles. The van der Waals surface area contributed by atoms with E-state index < -0.39 is 24.7 Å². The molecule has 1 aromatic heterocycles. The molecule has 2 amide bonds. The molecule has 3 fully saturated rings. The second-order valence-corrected chi connectivity index (χ2v) is 13.4. The molecule has 0 bridgehead atoms. The largest absolute Gasteiger partial charge is 0.457 e. The fourth-order valence-corrected chi connectivity index (χ4v) is 7.69. The zero-order valence-electron chi connectivity index (χ0n) is 27.2. The molecule has 11 heteroatoms. The standard InChI is InChI=1S/C35H50FN3O7/c1-22(44-17-16-43-2)21-45-35(42)31-19-26-18-27(12-13-30(26)46-31)38-33(40)32-28(23-6-4-3-5-7-23)14-15-39(32)34(41)25-10-8-24(9-11-25)29(37)20-36/h12-13,18-19,22-25,28-29,32H,3-11,14-17,20-21,37H2,1-2H3,(H,38,40)/t22-,24-,25-,28+,29?,32+/m1/s1. The lowest BCUT2D eigenvalue weighted by Crippen LogP contribution is -2.50. The van der Waals surface area contributed by atoms with Crippen LogP contribution >= 0.6 is 0 Å². The summed E-state index contributed by atoms with van der Waals surface area (Å²) in [4.78, 5) is 42.4. The van der Waals surface area contributed by atoms with Crippen LogP contribution in [0.15, 0.2) is 28.7 Å². The van der Waals surface area contributed by atoms with Crippen molar-refractivity contribution in [1.82, 2.24) is 4.90 Å². The Morgan fingerprint density at radius 3 is 2.52 bits per heavy atom. The van der Waals surface area contributed by atoms with Crippen LogP contribution in [0.1, 0.15) is 81.7 Å². The number of methoxy groups -OCH3 is 1. The summed E-state index contributed by atoms with van der Waals surface area (Å²) in [6, 6.07) is 5.83. The number of nitrogens with one attached hydrogen (secondary N) is 1. The summed E-state index contributed by atoms with van der Waals surface area (Å²) in [7, 11) is 1.59. The molecule has 46 heavy (non-hydrogen) atoms. The summed E-state index contributed by atoms with van der Waals surface area (Å²) < 4.78 is 34.7. The van der Waals surface area contributed by atoms with Crippen LogP contribution < -0.4 is 11.1 Å². The highest BCUT2D eigenvalue weighted by Gasteiger charge is 2.47. The number of carbonyl (C=O) groups excluding carboxylic acids is 3. The van der Waals surface area contributed by atoms with Crippen LogP contribution in [0.4, 0.5) is 10.1 Å². The first-order valence-electron chi connectivity index (χ1n) is 17.0. The van der Waals surface area contributed by atoms with Gasteiger partial charge in [-0.25, -0.2) is 9.18 Å². The van der Waals surface area contributed by atoms with Crippen molar-refractivity contribution in [2.24, 2.45) is 29.4 Å². The molecule has 2 heterocycles. The van der Waals surface area contributed by atoms with Gasteiger partial charge in [-0.05, 0) is 81.0 Å². The number of fused-ring (bicyclic) bond motifs is 1. The SMILES string of the molecule is COCCO[C@H](C)COC(=O)c1cc2cc(NC(=O)[C@@H]3[C@H](C4CCCCC4)CCN3C(=O)[C@H]3CC[C@H](C(N)CF)CC3)ccc2o1. The van der Waals surface area contributed by atoms with Crippen LogP contribution in [0.2, 0.25) is 0 Å². The van der Waals surface area contributed by atoms with Gasteiger partial charge < -0.3 is 34.6 Å². The number of ether oxygens (including phenoxy) is 3. The fraction of sp³-hybridized carbons (Fsp3) is 0.686. The quantitative estimate of drug-likeness (QED) is 0.217. The number of benzene rings is 1. The Morgan fingerprint density at radius 2 is 1.80 bits per heavy atom.